The van der Waals surface area contributed by atoms with Crippen LogP contribution in [0.15, 0.2) is 24.5 Å². The van der Waals surface area contributed by atoms with Crippen LogP contribution in [-0.2, 0) is 0 Å². The maximum absolute atomic E-state index is 5.05. The van der Waals surface area contributed by atoms with Crippen LogP contribution in [0.4, 0.5) is 0 Å². The first-order valence-corrected chi connectivity index (χ1v) is 3.29. The normalized spacial score (nSPS) is 10.3. The van der Waals surface area contributed by atoms with Crippen LogP contribution < -0.4 is 4.74 Å². The molecule has 0 saturated heterocycles. The first kappa shape index (κ1) is 6.22. The fraction of sp³-hybridized carbons (Fsp3) is 0.125. The van der Waals surface area contributed by atoms with Gasteiger partial charge < -0.3 is 4.74 Å². The highest BCUT2D eigenvalue weighted by atomic mass is 16.5. The zero-order chi connectivity index (χ0) is 7.68. The third-order valence-corrected chi connectivity index (χ3v) is 1.52. The predicted molar refractivity (Wildman–Crippen MR) is 40.6 cm³/mol. The van der Waals surface area contributed by atoms with Crippen molar-refractivity contribution in [3.63, 3.8) is 0 Å². The minimum Gasteiger partial charge on any atom is -0.481 e. The summed E-state index contributed by atoms with van der Waals surface area (Å²) < 4.78 is 6.88. The Morgan fingerprint density at radius 1 is 1.64 bits per heavy atom. The van der Waals surface area contributed by atoms with E-state index in [1.807, 2.05) is 22.7 Å². The fourth-order valence-electron chi connectivity index (χ4n) is 0.999. The Balaban J connectivity index is 2.76. The smallest absolute Gasteiger partial charge is 0.218 e. The molecule has 2 aromatic heterocycles. The van der Waals surface area contributed by atoms with E-state index in [1.54, 1.807) is 13.3 Å². The molecular weight excluding hydrogens is 140 g/mol. The second-order valence-electron chi connectivity index (χ2n) is 2.15. The first-order valence-electron chi connectivity index (χ1n) is 3.29. The number of rotatable bonds is 1. The number of fused-ring (bicyclic) bond motifs is 1. The molecule has 0 aliphatic carbocycles. The van der Waals surface area contributed by atoms with Crippen LogP contribution in [-0.4, -0.2) is 16.5 Å². The van der Waals surface area contributed by atoms with Crippen LogP contribution >= 0.6 is 0 Å². The van der Waals surface area contributed by atoms with Gasteiger partial charge in [0, 0.05) is 12.3 Å². The SMILES string of the molecule is COc1cnc2[c]cccn12. The lowest BCUT2D eigenvalue weighted by atomic mass is 10.5. The van der Waals surface area contributed by atoms with Gasteiger partial charge >= 0.3 is 0 Å². The Hall–Kier alpha value is -1.51. The van der Waals surface area contributed by atoms with Crippen molar-refractivity contribution in [2.45, 2.75) is 0 Å². The van der Waals surface area contributed by atoms with Gasteiger partial charge in [-0.3, -0.25) is 4.40 Å². The van der Waals surface area contributed by atoms with Crippen LogP contribution in [0, 0.1) is 6.07 Å². The molecule has 0 amide bonds. The highest BCUT2D eigenvalue weighted by Gasteiger charge is 1.99. The van der Waals surface area contributed by atoms with Crippen molar-refractivity contribution in [1.29, 1.82) is 0 Å². The molecule has 0 aliphatic heterocycles. The molecule has 3 nitrogen and oxygen atoms in total. The molecule has 2 rings (SSSR count). The van der Waals surface area contributed by atoms with Crippen molar-refractivity contribution in [1.82, 2.24) is 9.38 Å². The summed E-state index contributed by atoms with van der Waals surface area (Å²) in [5.41, 5.74) is 0.782. The van der Waals surface area contributed by atoms with Gasteiger partial charge in [0.25, 0.3) is 0 Å². The van der Waals surface area contributed by atoms with Crippen molar-refractivity contribution in [2.75, 3.05) is 7.11 Å². The summed E-state index contributed by atoms with van der Waals surface area (Å²) in [4.78, 5) is 4.07. The Morgan fingerprint density at radius 3 is 3.36 bits per heavy atom. The molecule has 1 radical (unpaired) electrons. The molecule has 0 aromatic carbocycles. The number of nitrogens with zero attached hydrogens (tertiary/aromatic N) is 2. The highest BCUT2D eigenvalue weighted by molar-refractivity contribution is 5.40. The molecule has 2 heterocycles. The highest BCUT2D eigenvalue weighted by Crippen LogP contribution is 2.11. The number of ether oxygens (including phenoxy) is 1. The van der Waals surface area contributed by atoms with Crippen molar-refractivity contribution >= 4 is 5.65 Å². The molecular formula is C8H7N2O. The standard InChI is InChI=1S/C8H7N2O/c1-11-8-6-9-7-4-2-3-5-10(7)8/h2-3,5-6H,1H3. The summed E-state index contributed by atoms with van der Waals surface area (Å²) in [6, 6.07) is 6.68. The summed E-state index contributed by atoms with van der Waals surface area (Å²) in [6.07, 6.45) is 3.56. The lowest BCUT2D eigenvalue weighted by molar-refractivity contribution is 0.394. The second-order valence-corrected chi connectivity index (χ2v) is 2.15. The molecule has 0 bridgehead atoms. The molecule has 0 spiro atoms. The van der Waals surface area contributed by atoms with Crippen LogP contribution in [0.25, 0.3) is 5.65 Å². The van der Waals surface area contributed by atoms with Gasteiger partial charge in [-0.05, 0) is 12.1 Å². The number of pyridine rings is 1. The van der Waals surface area contributed by atoms with E-state index < -0.39 is 0 Å². The molecule has 0 aliphatic rings. The molecule has 0 saturated carbocycles. The maximum Gasteiger partial charge on any atom is 0.218 e. The average Bonchev–Trinajstić information content (AvgIpc) is 2.47. The van der Waals surface area contributed by atoms with E-state index in [0.29, 0.717) is 0 Å². The van der Waals surface area contributed by atoms with Gasteiger partial charge in [-0.1, -0.05) is 0 Å². The van der Waals surface area contributed by atoms with Crippen LogP contribution in [0.1, 0.15) is 0 Å². The van der Waals surface area contributed by atoms with Crippen molar-refractivity contribution in [2.24, 2.45) is 0 Å². The van der Waals surface area contributed by atoms with Gasteiger partial charge in [0.05, 0.1) is 13.3 Å². The van der Waals surface area contributed by atoms with Gasteiger partial charge in [-0.2, -0.15) is 0 Å². The maximum atomic E-state index is 5.05. The molecule has 0 N–H and O–H groups in total. The summed E-state index contributed by atoms with van der Waals surface area (Å²) in [5.74, 6) is 0.733. The molecule has 0 fully saturated rings. The van der Waals surface area contributed by atoms with Gasteiger partial charge in [0.2, 0.25) is 5.88 Å². The summed E-state index contributed by atoms with van der Waals surface area (Å²) in [5, 5.41) is 0. The Kier molecular flexibility index (Phi) is 1.28. The van der Waals surface area contributed by atoms with Crippen LogP contribution in [0.3, 0.4) is 0 Å². The Morgan fingerprint density at radius 2 is 2.55 bits per heavy atom. The first-order chi connectivity index (χ1) is 5.42. The van der Waals surface area contributed by atoms with E-state index in [1.165, 1.54) is 0 Å². The molecule has 0 unspecified atom stereocenters. The molecule has 0 atom stereocenters. The van der Waals surface area contributed by atoms with E-state index in [-0.39, 0.29) is 0 Å². The van der Waals surface area contributed by atoms with E-state index in [0.717, 1.165) is 11.5 Å². The van der Waals surface area contributed by atoms with Gasteiger partial charge in [-0.25, -0.2) is 4.98 Å². The van der Waals surface area contributed by atoms with Crippen molar-refractivity contribution < 1.29 is 4.74 Å². The molecule has 2 aromatic rings. The lowest BCUT2D eigenvalue weighted by Crippen LogP contribution is -1.88. The predicted octanol–water partition coefficient (Wildman–Crippen LogP) is 1.14. The zero-order valence-electron chi connectivity index (χ0n) is 6.11. The quantitative estimate of drug-likeness (QED) is 0.604. The number of methoxy groups -OCH3 is 1. The van der Waals surface area contributed by atoms with Crippen LogP contribution in [0.2, 0.25) is 0 Å². The van der Waals surface area contributed by atoms with Gasteiger partial charge in [0.15, 0.2) is 0 Å². The van der Waals surface area contributed by atoms with E-state index in [4.69, 9.17) is 4.74 Å². The second kappa shape index (κ2) is 2.27. The number of hydrogen-bond donors (Lipinski definition) is 0. The average molecular weight is 147 g/mol. The number of imidazole rings is 1. The van der Waals surface area contributed by atoms with Gasteiger partial charge in [0.1, 0.15) is 5.65 Å². The minimum atomic E-state index is 0.733. The summed E-state index contributed by atoms with van der Waals surface area (Å²) in [6.45, 7) is 0. The summed E-state index contributed by atoms with van der Waals surface area (Å²) in [7, 11) is 1.62. The molecule has 55 valence electrons. The van der Waals surface area contributed by atoms with Crippen molar-refractivity contribution in [3.8, 4) is 5.88 Å². The fourth-order valence-corrected chi connectivity index (χ4v) is 0.999. The minimum absolute atomic E-state index is 0.733. The van der Waals surface area contributed by atoms with Crippen LogP contribution in [0.5, 0.6) is 5.88 Å². The number of aromatic nitrogens is 2. The Labute approximate surface area is 64.2 Å². The zero-order valence-corrected chi connectivity index (χ0v) is 6.11. The van der Waals surface area contributed by atoms with E-state index in [9.17, 15) is 0 Å². The monoisotopic (exact) mass is 147 g/mol. The third kappa shape index (κ3) is 0.852. The molecule has 11 heavy (non-hydrogen) atoms. The number of hydrogen-bond acceptors (Lipinski definition) is 2. The van der Waals surface area contributed by atoms with E-state index in [2.05, 4.69) is 11.1 Å². The lowest BCUT2D eigenvalue weighted by Gasteiger charge is -1.96. The third-order valence-electron chi connectivity index (χ3n) is 1.52. The van der Waals surface area contributed by atoms with Gasteiger partial charge in [-0.15, -0.1) is 0 Å². The van der Waals surface area contributed by atoms with Crippen molar-refractivity contribution in [3.05, 3.63) is 30.6 Å². The largest absolute Gasteiger partial charge is 0.481 e. The summed E-state index contributed by atoms with van der Waals surface area (Å²) >= 11 is 0. The topological polar surface area (TPSA) is 26.5 Å². The molecule has 3 heteroatoms. The Bertz CT molecular complexity index is 367. The van der Waals surface area contributed by atoms with E-state index >= 15 is 0 Å².